The highest BCUT2D eigenvalue weighted by molar-refractivity contribution is 5.91. The molecule has 0 aliphatic carbocycles. The molecule has 1 amide bonds. The van der Waals surface area contributed by atoms with Crippen molar-refractivity contribution in [3.05, 3.63) is 70.3 Å². The van der Waals surface area contributed by atoms with Crippen molar-refractivity contribution in [2.24, 2.45) is 0 Å². The molecule has 0 saturated heterocycles. The number of rotatable bonds is 4. The Bertz CT molecular complexity index is 1120. The number of hydrogen-bond donors (Lipinski definition) is 1. The van der Waals surface area contributed by atoms with Crippen LogP contribution in [0, 0.1) is 13.8 Å². The quantitative estimate of drug-likeness (QED) is 0.756. The summed E-state index contributed by atoms with van der Waals surface area (Å²) >= 11 is 0. The first kappa shape index (κ1) is 17.8. The SMILES string of the molecule is Cc1cccc(NC(=O)Cn2cnc(-c3ccc4c(c3)OCO4)cc2=O)c1C. The Hall–Kier alpha value is -3.61. The maximum absolute atomic E-state index is 12.4. The van der Waals surface area contributed by atoms with E-state index in [-0.39, 0.29) is 24.8 Å². The molecule has 28 heavy (non-hydrogen) atoms. The predicted molar refractivity (Wildman–Crippen MR) is 105 cm³/mol. The number of benzene rings is 2. The van der Waals surface area contributed by atoms with Gasteiger partial charge in [0, 0.05) is 17.3 Å². The van der Waals surface area contributed by atoms with E-state index in [4.69, 9.17) is 9.47 Å². The van der Waals surface area contributed by atoms with Crippen LogP contribution in [-0.2, 0) is 11.3 Å². The van der Waals surface area contributed by atoms with E-state index in [9.17, 15) is 9.59 Å². The first-order valence-electron chi connectivity index (χ1n) is 8.84. The highest BCUT2D eigenvalue weighted by atomic mass is 16.7. The van der Waals surface area contributed by atoms with E-state index in [0.717, 1.165) is 22.4 Å². The van der Waals surface area contributed by atoms with Gasteiger partial charge in [-0.25, -0.2) is 4.98 Å². The molecule has 1 aliphatic heterocycles. The number of carbonyl (C=O) groups excluding carboxylic acids is 1. The number of carbonyl (C=O) groups is 1. The van der Waals surface area contributed by atoms with Gasteiger partial charge in [-0.3, -0.25) is 14.2 Å². The molecule has 0 bridgehead atoms. The summed E-state index contributed by atoms with van der Waals surface area (Å²) in [5.74, 6) is 1.00. The van der Waals surface area contributed by atoms with E-state index in [1.165, 1.54) is 17.0 Å². The summed E-state index contributed by atoms with van der Waals surface area (Å²) in [5.41, 5.74) is 3.77. The molecule has 142 valence electrons. The molecule has 0 radical (unpaired) electrons. The molecule has 7 nitrogen and oxygen atoms in total. The van der Waals surface area contributed by atoms with Crippen LogP contribution in [0.3, 0.4) is 0 Å². The molecule has 3 aromatic rings. The minimum absolute atomic E-state index is 0.110. The summed E-state index contributed by atoms with van der Waals surface area (Å²) in [6.45, 7) is 4.00. The van der Waals surface area contributed by atoms with Gasteiger partial charge < -0.3 is 14.8 Å². The van der Waals surface area contributed by atoms with Crippen LogP contribution in [0.15, 0.2) is 53.6 Å². The van der Waals surface area contributed by atoms with Gasteiger partial charge in [0.15, 0.2) is 11.5 Å². The summed E-state index contributed by atoms with van der Waals surface area (Å²) < 4.78 is 11.9. The third-order valence-corrected chi connectivity index (χ3v) is 4.74. The molecule has 1 N–H and O–H groups in total. The summed E-state index contributed by atoms with van der Waals surface area (Å²) in [5, 5.41) is 2.84. The number of hydrogen-bond acceptors (Lipinski definition) is 5. The number of anilines is 1. The standard InChI is InChI=1S/C21H19N3O4/c1-13-4-3-5-16(14(13)2)23-20(25)10-24-11-22-17(9-21(24)26)15-6-7-18-19(8-15)28-12-27-18/h3-9,11H,10,12H2,1-2H3,(H,23,25). The van der Waals surface area contributed by atoms with Gasteiger partial charge in [-0.1, -0.05) is 12.1 Å². The fourth-order valence-electron chi connectivity index (χ4n) is 2.99. The Kier molecular flexibility index (Phi) is 4.57. The summed E-state index contributed by atoms with van der Waals surface area (Å²) in [4.78, 5) is 29.1. The van der Waals surface area contributed by atoms with Crippen molar-refractivity contribution in [1.82, 2.24) is 9.55 Å². The molecular weight excluding hydrogens is 358 g/mol. The summed E-state index contributed by atoms with van der Waals surface area (Å²) in [7, 11) is 0. The van der Waals surface area contributed by atoms with Crippen molar-refractivity contribution in [3.63, 3.8) is 0 Å². The number of aryl methyl sites for hydroxylation is 1. The Morgan fingerprint density at radius 2 is 1.96 bits per heavy atom. The predicted octanol–water partition coefficient (Wildman–Crippen LogP) is 2.89. The minimum Gasteiger partial charge on any atom is -0.454 e. The second-order valence-electron chi connectivity index (χ2n) is 6.60. The smallest absolute Gasteiger partial charge is 0.254 e. The van der Waals surface area contributed by atoms with Crippen molar-refractivity contribution in [1.29, 1.82) is 0 Å². The average Bonchev–Trinajstić information content (AvgIpc) is 3.15. The third-order valence-electron chi connectivity index (χ3n) is 4.74. The molecule has 4 rings (SSSR count). The van der Waals surface area contributed by atoms with Gasteiger partial charge in [0.1, 0.15) is 6.54 Å². The van der Waals surface area contributed by atoms with Gasteiger partial charge in [-0.15, -0.1) is 0 Å². The van der Waals surface area contributed by atoms with Gasteiger partial charge in [-0.2, -0.15) is 0 Å². The number of aromatic nitrogens is 2. The molecule has 7 heteroatoms. The number of nitrogens with one attached hydrogen (secondary N) is 1. The monoisotopic (exact) mass is 377 g/mol. The molecule has 0 fully saturated rings. The molecule has 0 atom stereocenters. The number of nitrogens with zero attached hydrogens (tertiary/aromatic N) is 2. The highest BCUT2D eigenvalue weighted by Crippen LogP contribution is 2.35. The molecule has 2 heterocycles. The van der Waals surface area contributed by atoms with Gasteiger partial charge in [-0.05, 0) is 49.2 Å². The zero-order chi connectivity index (χ0) is 19.7. The summed E-state index contributed by atoms with van der Waals surface area (Å²) in [6, 6.07) is 12.5. The van der Waals surface area contributed by atoms with Gasteiger partial charge in [0.25, 0.3) is 5.56 Å². The van der Waals surface area contributed by atoms with E-state index in [2.05, 4.69) is 10.3 Å². The average molecular weight is 377 g/mol. The fraction of sp³-hybridized carbons (Fsp3) is 0.190. The van der Waals surface area contributed by atoms with Crippen molar-refractivity contribution < 1.29 is 14.3 Å². The van der Waals surface area contributed by atoms with Crippen molar-refractivity contribution in [3.8, 4) is 22.8 Å². The molecule has 0 spiro atoms. The van der Waals surface area contributed by atoms with Crippen LogP contribution in [0.4, 0.5) is 5.69 Å². The topological polar surface area (TPSA) is 82.5 Å². The van der Waals surface area contributed by atoms with Crippen LogP contribution in [0.2, 0.25) is 0 Å². The zero-order valence-electron chi connectivity index (χ0n) is 15.6. The number of fused-ring (bicyclic) bond motifs is 1. The van der Waals surface area contributed by atoms with E-state index >= 15 is 0 Å². The second kappa shape index (κ2) is 7.19. The Morgan fingerprint density at radius 1 is 1.14 bits per heavy atom. The lowest BCUT2D eigenvalue weighted by Crippen LogP contribution is -2.27. The molecule has 0 saturated carbocycles. The van der Waals surface area contributed by atoms with Crippen molar-refractivity contribution >= 4 is 11.6 Å². The number of amides is 1. The second-order valence-corrected chi connectivity index (χ2v) is 6.60. The van der Waals surface area contributed by atoms with Gasteiger partial charge >= 0.3 is 0 Å². The molecule has 0 unspecified atom stereocenters. The van der Waals surface area contributed by atoms with E-state index in [0.29, 0.717) is 17.2 Å². The first-order chi connectivity index (χ1) is 13.5. The normalized spacial score (nSPS) is 12.1. The van der Waals surface area contributed by atoms with Crippen LogP contribution >= 0.6 is 0 Å². The molecule has 2 aromatic carbocycles. The van der Waals surface area contributed by atoms with Crippen molar-refractivity contribution in [2.75, 3.05) is 12.1 Å². The van der Waals surface area contributed by atoms with Gasteiger partial charge in [0.2, 0.25) is 12.7 Å². The van der Waals surface area contributed by atoms with Crippen LogP contribution in [0.5, 0.6) is 11.5 Å². The largest absolute Gasteiger partial charge is 0.454 e. The van der Waals surface area contributed by atoms with Gasteiger partial charge in [0.05, 0.1) is 12.0 Å². The first-order valence-corrected chi connectivity index (χ1v) is 8.84. The van der Waals surface area contributed by atoms with E-state index in [1.807, 2.05) is 38.1 Å². The van der Waals surface area contributed by atoms with Crippen LogP contribution < -0.4 is 20.3 Å². The lowest BCUT2D eigenvalue weighted by atomic mass is 10.1. The van der Waals surface area contributed by atoms with Crippen LogP contribution in [-0.4, -0.2) is 22.3 Å². The zero-order valence-corrected chi connectivity index (χ0v) is 15.6. The Morgan fingerprint density at radius 3 is 2.79 bits per heavy atom. The summed E-state index contributed by atoms with van der Waals surface area (Å²) in [6.07, 6.45) is 1.38. The van der Waals surface area contributed by atoms with E-state index < -0.39 is 0 Å². The number of ether oxygens (including phenoxy) is 2. The molecule has 1 aromatic heterocycles. The Balaban J connectivity index is 1.51. The van der Waals surface area contributed by atoms with E-state index in [1.54, 1.807) is 12.1 Å². The highest BCUT2D eigenvalue weighted by Gasteiger charge is 2.15. The van der Waals surface area contributed by atoms with Crippen LogP contribution in [0.25, 0.3) is 11.3 Å². The van der Waals surface area contributed by atoms with Crippen molar-refractivity contribution in [2.45, 2.75) is 20.4 Å². The minimum atomic E-state index is -0.307. The lowest BCUT2D eigenvalue weighted by molar-refractivity contribution is -0.116. The molecule has 1 aliphatic rings. The maximum Gasteiger partial charge on any atom is 0.254 e. The third kappa shape index (κ3) is 3.46. The maximum atomic E-state index is 12.4. The Labute approximate surface area is 161 Å². The lowest BCUT2D eigenvalue weighted by Gasteiger charge is -2.11. The molecular formula is C21H19N3O4. The van der Waals surface area contributed by atoms with Crippen LogP contribution in [0.1, 0.15) is 11.1 Å². The fourth-order valence-corrected chi connectivity index (χ4v) is 2.99.